The van der Waals surface area contributed by atoms with Gasteiger partial charge in [-0.2, -0.15) is 0 Å². The molecule has 2 amide bonds. The van der Waals surface area contributed by atoms with Crippen LogP contribution in [0.15, 0.2) is 24.5 Å². The fourth-order valence-corrected chi connectivity index (χ4v) is 2.41. The zero-order chi connectivity index (χ0) is 14.4. The lowest BCUT2D eigenvalue weighted by Gasteiger charge is -2.23. The van der Waals surface area contributed by atoms with E-state index in [0.29, 0.717) is 26.2 Å². The summed E-state index contributed by atoms with van der Waals surface area (Å²) in [4.78, 5) is 31.5. The zero-order valence-corrected chi connectivity index (χ0v) is 11.9. The van der Waals surface area contributed by atoms with Gasteiger partial charge in [-0.1, -0.05) is 0 Å². The van der Waals surface area contributed by atoms with Crippen molar-refractivity contribution in [1.29, 1.82) is 0 Å². The van der Waals surface area contributed by atoms with Gasteiger partial charge in [-0.25, -0.2) is 0 Å². The van der Waals surface area contributed by atoms with Crippen LogP contribution in [-0.2, 0) is 16.0 Å². The van der Waals surface area contributed by atoms with Gasteiger partial charge >= 0.3 is 11.8 Å². The van der Waals surface area contributed by atoms with Gasteiger partial charge in [0.2, 0.25) is 0 Å². The van der Waals surface area contributed by atoms with E-state index in [1.54, 1.807) is 22.2 Å². The minimum Gasteiger partial charge on any atom is -0.334 e. The van der Waals surface area contributed by atoms with Gasteiger partial charge in [0.05, 0.1) is 0 Å². The van der Waals surface area contributed by atoms with E-state index in [4.69, 9.17) is 0 Å². The highest BCUT2D eigenvalue weighted by molar-refractivity contribution is 6.34. The van der Waals surface area contributed by atoms with Crippen LogP contribution in [0.25, 0.3) is 0 Å². The number of carbonyl (C=O) groups is 2. The van der Waals surface area contributed by atoms with E-state index in [-0.39, 0.29) is 11.8 Å². The SMILES string of the molecule is CCN(CCc1ccncc1)C(=O)C(=O)N1CCCC1. The third kappa shape index (κ3) is 3.56. The van der Waals surface area contributed by atoms with Gasteiger partial charge in [0.1, 0.15) is 0 Å². The van der Waals surface area contributed by atoms with Crippen molar-refractivity contribution >= 4 is 11.8 Å². The van der Waals surface area contributed by atoms with Crippen LogP contribution >= 0.6 is 0 Å². The highest BCUT2D eigenvalue weighted by Gasteiger charge is 2.27. The van der Waals surface area contributed by atoms with Gasteiger partial charge in [-0.05, 0) is 43.9 Å². The highest BCUT2D eigenvalue weighted by Crippen LogP contribution is 2.09. The van der Waals surface area contributed by atoms with Crippen LogP contribution in [-0.4, -0.2) is 52.8 Å². The largest absolute Gasteiger partial charge is 0.334 e. The van der Waals surface area contributed by atoms with Crippen LogP contribution in [0.5, 0.6) is 0 Å². The van der Waals surface area contributed by atoms with Crippen molar-refractivity contribution < 1.29 is 9.59 Å². The number of carbonyl (C=O) groups excluding carboxylic acids is 2. The van der Waals surface area contributed by atoms with Crippen molar-refractivity contribution in [3.05, 3.63) is 30.1 Å². The summed E-state index contributed by atoms with van der Waals surface area (Å²) in [5, 5.41) is 0. The smallest absolute Gasteiger partial charge is 0.312 e. The second-order valence-corrected chi connectivity index (χ2v) is 4.99. The molecular formula is C15H21N3O2. The van der Waals surface area contributed by atoms with Crippen LogP contribution in [0.1, 0.15) is 25.3 Å². The molecule has 0 bridgehead atoms. The molecule has 1 aromatic rings. The fourth-order valence-electron chi connectivity index (χ4n) is 2.41. The molecule has 108 valence electrons. The Hall–Kier alpha value is -1.91. The Bertz CT molecular complexity index is 455. The molecule has 1 aliphatic heterocycles. The Labute approximate surface area is 119 Å². The van der Waals surface area contributed by atoms with E-state index >= 15 is 0 Å². The topological polar surface area (TPSA) is 53.5 Å². The number of amides is 2. The molecule has 20 heavy (non-hydrogen) atoms. The first kappa shape index (κ1) is 14.5. The summed E-state index contributed by atoms with van der Waals surface area (Å²) in [6.45, 7) is 4.46. The van der Waals surface area contributed by atoms with Crippen molar-refractivity contribution in [3.63, 3.8) is 0 Å². The molecule has 0 unspecified atom stereocenters. The van der Waals surface area contributed by atoms with Gasteiger partial charge < -0.3 is 9.80 Å². The second kappa shape index (κ2) is 7.03. The number of likely N-dealkylation sites (tertiary alicyclic amines) is 1. The van der Waals surface area contributed by atoms with Crippen molar-refractivity contribution in [2.75, 3.05) is 26.2 Å². The third-order valence-corrected chi connectivity index (χ3v) is 3.66. The average molecular weight is 275 g/mol. The molecule has 1 fully saturated rings. The lowest BCUT2D eigenvalue weighted by Crippen LogP contribution is -2.44. The van der Waals surface area contributed by atoms with E-state index in [0.717, 1.165) is 24.8 Å². The van der Waals surface area contributed by atoms with Gasteiger partial charge in [0, 0.05) is 38.6 Å². The number of nitrogens with zero attached hydrogens (tertiary/aromatic N) is 3. The number of likely N-dealkylation sites (N-methyl/N-ethyl adjacent to an activating group) is 1. The molecule has 0 atom stereocenters. The Morgan fingerprint density at radius 2 is 1.90 bits per heavy atom. The maximum Gasteiger partial charge on any atom is 0.312 e. The molecule has 2 rings (SSSR count). The molecule has 0 saturated carbocycles. The number of hydrogen-bond acceptors (Lipinski definition) is 3. The van der Waals surface area contributed by atoms with Crippen molar-refractivity contribution in [3.8, 4) is 0 Å². The van der Waals surface area contributed by atoms with Gasteiger partial charge in [0.25, 0.3) is 0 Å². The molecule has 0 aromatic carbocycles. The molecule has 0 aliphatic carbocycles. The molecule has 1 aliphatic rings. The van der Waals surface area contributed by atoms with E-state index in [9.17, 15) is 9.59 Å². The standard InChI is InChI=1S/C15H21N3O2/c1-2-17(12-7-13-5-8-16-9-6-13)14(19)15(20)18-10-3-4-11-18/h5-6,8-9H,2-4,7,10-12H2,1H3. The average Bonchev–Trinajstić information content (AvgIpc) is 3.02. The van der Waals surface area contributed by atoms with Crippen LogP contribution in [0.2, 0.25) is 0 Å². The molecule has 0 N–H and O–H groups in total. The van der Waals surface area contributed by atoms with Gasteiger partial charge in [0.15, 0.2) is 0 Å². The Kier molecular flexibility index (Phi) is 5.09. The quantitative estimate of drug-likeness (QED) is 0.773. The predicted octanol–water partition coefficient (Wildman–Crippen LogP) is 1.09. The molecular weight excluding hydrogens is 254 g/mol. The first-order valence-electron chi connectivity index (χ1n) is 7.19. The monoisotopic (exact) mass is 275 g/mol. The summed E-state index contributed by atoms with van der Waals surface area (Å²) in [5.74, 6) is -0.720. The van der Waals surface area contributed by atoms with Crippen molar-refractivity contribution in [1.82, 2.24) is 14.8 Å². The number of rotatable bonds is 4. The van der Waals surface area contributed by atoms with Crippen LogP contribution in [0.3, 0.4) is 0 Å². The summed E-state index contributed by atoms with van der Waals surface area (Å²) in [7, 11) is 0. The predicted molar refractivity (Wildman–Crippen MR) is 76.0 cm³/mol. The minimum absolute atomic E-state index is 0.348. The Balaban J connectivity index is 1.90. The molecule has 5 nitrogen and oxygen atoms in total. The van der Waals surface area contributed by atoms with E-state index in [2.05, 4.69) is 4.98 Å². The van der Waals surface area contributed by atoms with Gasteiger partial charge in [-0.15, -0.1) is 0 Å². The second-order valence-electron chi connectivity index (χ2n) is 4.99. The normalized spacial score (nSPS) is 14.3. The molecule has 5 heteroatoms. The van der Waals surface area contributed by atoms with E-state index in [1.165, 1.54) is 0 Å². The molecule has 0 spiro atoms. The highest BCUT2D eigenvalue weighted by atomic mass is 16.2. The molecule has 2 heterocycles. The fraction of sp³-hybridized carbons (Fsp3) is 0.533. The van der Waals surface area contributed by atoms with E-state index < -0.39 is 0 Å². The first-order valence-corrected chi connectivity index (χ1v) is 7.19. The van der Waals surface area contributed by atoms with Crippen molar-refractivity contribution in [2.24, 2.45) is 0 Å². The van der Waals surface area contributed by atoms with Crippen LogP contribution < -0.4 is 0 Å². The lowest BCUT2D eigenvalue weighted by molar-refractivity contribution is -0.151. The summed E-state index contributed by atoms with van der Waals surface area (Å²) in [5.41, 5.74) is 1.12. The third-order valence-electron chi connectivity index (χ3n) is 3.66. The summed E-state index contributed by atoms with van der Waals surface area (Å²) >= 11 is 0. The molecule has 1 saturated heterocycles. The number of pyridine rings is 1. The zero-order valence-electron chi connectivity index (χ0n) is 11.9. The number of hydrogen-bond donors (Lipinski definition) is 0. The summed E-state index contributed by atoms with van der Waals surface area (Å²) in [6.07, 6.45) is 6.23. The van der Waals surface area contributed by atoms with E-state index in [1.807, 2.05) is 19.1 Å². The van der Waals surface area contributed by atoms with Crippen LogP contribution in [0.4, 0.5) is 0 Å². The Morgan fingerprint density at radius 3 is 2.50 bits per heavy atom. The van der Waals surface area contributed by atoms with Crippen molar-refractivity contribution in [2.45, 2.75) is 26.2 Å². The lowest BCUT2D eigenvalue weighted by atomic mass is 10.2. The maximum atomic E-state index is 12.2. The first-order chi connectivity index (χ1) is 9.72. The Morgan fingerprint density at radius 1 is 1.25 bits per heavy atom. The maximum absolute atomic E-state index is 12.2. The summed E-state index contributed by atoms with van der Waals surface area (Å²) in [6, 6.07) is 3.86. The molecule has 1 aromatic heterocycles. The van der Waals surface area contributed by atoms with Gasteiger partial charge in [-0.3, -0.25) is 14.6 Å². The number of aromatic nitrogens is 1. The summed E-state index contributed by atoms with van der Waals surface area (Å²) < 4.78 is 0. The minimum atomic E-state index is -0.372. The van der Waals surface area contributed by atoms with Crippen LogP contribution in [0, 0.1) is 0 Å². The molecule has 0 radical (unpaired) electrons.